The lowest BCUT2D eigenvalue weighted by atomic mass is 9.93. The van der Waals surface area contributed by atoms with Crippen molar-refractivity contribution in [3.8, 4) is 11.8 Å². The molecule has 5 N–H and O–H groups in total. The summed E-state index contributed by atoms with van der Waals surface area (Å²) in [6, 6.07) is 7.94. The SMILES string of the molecule is CC(C)(C)c1cc(C=O)no1.CNc1ccc(C)c(C#CC(=N)c2c(N)ncnc2NC2CCN(C)CC2)c1. The van der Waals surface area contributed by atoms with E-state index in [0.717, 1.165) is 48.5 Å². The molecule has 0 bridgehead atoms. The van der Waals surface area contributed by atoms with E-state index in [4.69, 9.17) is 15.7 Å². The molecule has 3 heterocycles. The third kappa shape index (κ3) is 8.12. The molecule has 3 aromatic rings. The van der Waals surface area contributed by atoms with Crippen LogP contribution in [0.15, 0.2) is 35.1 Å². The Morgan fingerprint density at radius 2 is 1.95 bits per heavy atom. The fourth-order valence-electron chi connectivity index (χ4n) is 3.90. The lowest BCUT2D eigenvalue weighted by Crippen LogP contribution is -2.37. The third-order valence-electron chi connectivity index (χ3n) is 6.42. The van der Waals surface area contributed by atoms with Crippen LogP contribution in [0.1, 0.15) is 66.6 Å². The van der Waals surface area contributed by atoms with Gasteiger partial charge in [-0.05, 0) is 63.5 Å². The molecule has 1 aliphatic heterocycles. The molecule has 39 heavy (non-hydrogen) atoms. The average Bonchev–Trinajstić information content (AvgIpc) is 3.40. The van der Waals surface area contributed by atoms with E-state index in [0.29, 0.717) is 29.4 Å². The number of likely N-dealkylation sites (tertiary alicyclic amines) is 1. The van der Waals surface area contributed by atoms with Gasteiger partial charge >= 0.3 is 0 Å². The van der Waals surface area contributed by atoms with Gasteiger partial charge in [-0.15, -0.1) is 0 Å². The number of nitrogen functional groups attached to an aromatic ring is 1. The normalized spacial score (nSPS) is 13.9. The van der Waals surface area contributed by atoms with E-state index in [1.807, 2.05) is 52.9 Å². The van der Waals surface area contributed by atoms with Gasteiger partial charge in [-0.1, -0.05) is 37.9 Å². The van der Waals surface area contributed by atoms with Crippen LogP contribution in [0.25, 0.3) is 0 Å². The molecule has 10 heteroatoms. The number of hydrogen-bond donors (Lipinski definition) is 4. The number of nitrogens with one attached hydrogen (secondary N) is 3. The first-order valence-corrected chi connectivity index (χ1v) is 12.9. The van der Waals surface area contributed by atoms with Crippen molar-refractivity contribution in [1.82, 2.24) is 20.0 Å². The monoisotopic (exact) mass is 530 g/mol. The maximum Gasteiger partial charge on any atom is 0.171 e. The van der Waals surface area contributed by atoms with E-state index in [2.05, 4.69) is 49.5 Å². The number of hydrogen-bond acceptors (Lipinski definition) is 10. The second-order valence-corrected chi connectivity index (χ2v) is 10.6. The van der Waals surface area contributed by atoms with Crippen molar-refractivity contribution in [3.05, 3.63) is 58.7 Å². The van der Waals surface area contributed by atoms with Gasteiger partial charge in [-0.3, -0.25) is 10.2 Å². The molecule has 0 atom stereocenters. The average molecular weight is 531 g/mol. The number of benzene rings is 1. The second-order valence-electron chi connectivity index (χ2n) is 10.6. The van der Waals surface area contributed by atoms with Gasteiger partial charge in [0, 0.05) is 35.8 Å². The van der Waals surface area contributed by atoms with Gasteiger partial charge in [-0.2, -0.15) is 0 Å². The van der Waals surface area contributed by atoms with E-state index in [-0.39, 0.29) is 16.9 Å². The van der Waals surface area contributed by atoms with Crippen molar-refractivity contribution >= 4 is 29.3 Å². The Balaban J connectivity index is 0.000000320. The fourth-order valence-corrected chi connectivity index (χ4v) is 3.90. The molecule has 0 saturated carbocycles. The Labute approximate surface area is 230 Å². The van der Waals surface area contributed by atoms with Gasteiger partial charge in [0.1, 0.15) is 35.1 Å². The Hall–Kier alpha value is -4.23. The number of aldehydes is 1. The number of nitrogens with two attached hydrogens (primary N) is 1. The topological polar surface area (TPSA) is 146 Å². The van der Waals surface area contributed by atoms with Crippen LogP contribution in [-0.4, -0.2) is 65.2 Å². The van der Waals surface area contributed by atoms with Crippen LogP contribution in [0, 0.1) is 24.2 Å². The minimum atomic E-state index is -0.0751. The van der Waals surface area contributed by atoms with Crippen molar-refractivity contribution in [2.45, 2.75) is 52.0 Å². The number of aryl methyl sites for hydroxylation is 1. The van der Waals surface area contributed by atoms with Gasteiger partial charge in [0.2, 0.25) is 0 Å². The second kappa shape index (κ2) is 13.0. The highest BCUT2D eigenvalue weighted by atomic mass is 16.5. The number of nitrogens with zero attached hydrogens (tertiary/aromatic N) is 4. The largest absolute Gasteiger partial charge is 0.388 e. The zero-order valence-electron chi connectivity index (χ0n) is 23.6. The van der Waals surface area contributed by atoms with Gasteiger partial charge in [0.05, 0.1) is 5.56 Å². The number of anilines is 3. The minimum absolute atomic E-state index is 0.0751. The molecule has 10 nitrogen and oxygen atoms in total. The lowest BCUT2D eigenvalue weighted by Gasteiger charge is -2.30. The van der Waals surface area contributed by atoms with Crippen molar-refractivity contribution in [1.29, 1.82) is 5.41 Å². The number of carbonyl (C=O) groups is 1. The van der Waals surface area contributed by atoms with Crippen LogP contribution in [0.5, 0.6) is 0 Å². The van der Waals surface area contributed by atoms with Crippen molar-refractivity contribution in [3.63, 3.8) is 0 Å². The number of aromatic nitrogens is 3. The maximum absolute atomic E-state index is 10.2. The van der Waals surface area contributed by atoms with Crippen LogP contribution in [0.3, 0.4) is 0 Å². The van der Waals surface area contributed by atoms with E-state index < -0.39 is 0 Å². The zero-order valence-corrected chi connectivity index (χ0v) is 23.6. The molecule has 0 amide bonds. The van der Waals surface area contributed by atoms with Crippen LogP contribution in [0.4, 0.5) is 17.3 Å². The summed E-state index contributed by atoms with van der Waals surface area (Å²) < 4.78 is 4.94. The highest BCUT2D eigenvalue weighted by Crippen LogP contribution is 2.23. The molecule has 0 radical (unpaired) electrons. The first-order valence-electron chi connectivity index (χ1n) is 12.9. The first kappa shape index (κ1) is 29.3. The smallest absolute Gasteiger partial charge is 0.171 e. The lowest BCUT2D eigenvalue weighted by molar-refractivity contribution is 0.111. The predicted molar refractivity (Wildman–Crippen MR) is 156 cm³/mol. The molecular weight excluding hydrogens is 492 g/mol. The highest BCUT2D eigenvalue weighted by Gasteiger charge is 2.21. The van der Waals surface area contributed by atoms with Gasteiger partial charge < -0.3 is 25.8 Å². The molecule has 4 rings (SSSR count). The molecule has 0 unspecified atom stereocenters. The van der Waals surface area contributed by atoms with Crippen LogP contribution >= 0.6 is 0 Å². The van der Waals surface area contributed by atoms with Gasteiger partial charge in [0.15, 0.2) is 6.29 Å². The van der Waals surface area contributed by atoms with Crippen LogP contribution in [0.2, 0.25) is 0 Å². The summed E-state index contributed by atoms with van der Waals surface area (Å²) in [4.78, 5) is 20.9. The first-order chi connectivity index (χ1) is 18.5. The molecule has 206 valence electrons. The summed E-state index contributed by atoms with van der Waals surface area (Å²) in [5.41, 5.74) is 9.85. The maximum atomic E-state index is 10.2. The number of carbonyl (C=O) groups excluding carboxylic acids is 1. The zero-order chi connectivity index (χ0) is 28.6. The molecule has 1 saturated heterocycles. The fraction of sp³-hybridized carbons (Fsp3) is 0.414. The van der Waals surface area contributed by atoms with E-state index in [1.165, 1.54) is 6.33 Å². The molecular formula is C29H38N8O2. The highest BCUT2D eigenvalue weighted by molar-refractivity contribution is 6.16. The van der Waals surface area contributed by atoms with Crippen molar-refractivity contribution in [2.24, 2.45) is 0 Å². The summed E-state index contributed by atoms with van der Waals surface area (Å²) in [5, 5.41) is 18.6. The molecule has 1 aromatic carbocycles. The number of piperidine rings is 1. The Morgan fingerprint density at radius 1 is 1.23 bits per heavy atom. The van der Waals surface area contributed by atoms with E-state index in [1.54, 1.807) is 6.07 Å². The van der Waals surface area contributed by atoms with Gasteiger partial charge in [-0.25, -0.2) is 9.97 Å². The summed E-state index contributed by atoms with van der Waals surface area (Å²) in [6.45, 7) is 10.1. The molecule has 1 aliphatic rings. The van der Waals surface area contributed by atoms with Crippen molar-refractivity contribution < 1.29 is 9.32 Å². The molecule has 1 fully saturated rings. The van der Waals surface area contributed by atoms with Crippen LogP contribution in [-0.2, 0) is 5.41 Å². The minimum Gasteiger partial charge on any atom is -0.388 e. The quantitative estimate of drug-likeness (QED) is 0.217. The van der Waals surface area contributed by atoms with E-state index >= 15 is 0 Å². The Bertz CT molecular complexity index is 1360. The van der Waals surface area contributed by atoms with E-state index in [9.17, 15) is 4.79 Å². The van der Waals surface area contributed by atoms with Gasteiger partial charge in [0.25, 0.3) is 0 Å². The number of rotatable bonds is 5. The standard InChI is InChI=1S/C21H27N7.C8H11NO2/c1-14-4-6-17(24-2)12-15(14)5-7-18(22)19-20(23)25-13-26-21(19)27-16-8-10-28(3)11-9-16;1-8(2,3)7-4-6(5-10)9-11-7/h4,6,12-13,16,22,24H,8-11H2,1-3H3,(H3,23,25,26,27);4-5H,1-3H3. The predicted octanol–water partition coefficient (Wildman–Crippen LogP) is 4.12. The van der Waals surface area contributed by atoms with Crippen LogP contribution < -0.4 is 16.4 Å². The summed E-state index contributed by atoms with van der Waals surface area (Å²) >= 11 is 0. The summed E-state index contributed by atoms with van der Waals surface area (Å²) in [6.07, 6.45) is 4.15. The molecule has 2 aromatic heterocycles. The Morgan fingerprint density at radius 3 is 2.54 bits per heavy atom. The third-order valence-corrected chi connectivity index (χ3v) is 6.42. The molecule has 0 spiro atoms. The van der Waals surface area contributed by atoms with Crippen molar-refractivity contribution in [2.75, 3.05) is 43.6 Å². The Kier molecular flexibility index (Phi) is 9.79. The summed E-state index contributed by atoms with van der Waals surface area (Å²) in [7, 11) is 3.99. The molecule has 0 aliphatic carbocycles. The summed E-state index contributed by atoms with van der Waals surface area (Å²) in [5.74, 6) is 7.61.